The van der Waals surface area contributed by atoms with Gasteiger partial charge >= 0.3 is 0 Å². The molecule has 0 aliphatic carbocycles. The standard InChI is InChI=1S/C26H28N4O6S2/c1-35-23-17-22-21(16-24(23)36-14-12-28-13-15-37(2,31)32)25(27)30-26(29-22)18-8-10-20(11-9-18)38(33,34)19-6-4-3-5-7-19/h3-11,16-17,28H,12-15H2,1-2H3,(H2,27,29,30). The monoisotopic (exact) mass is 556 g/mol. The molecule has 0 unspecified atom stereocenters. The first kappa shape index (κ1) is 27.3. The molecular weight excluding hydrogens is 528 g/mol. The van der Waals surface area contributed by atoms with E-state index in [-0.39, 0.29) is 28.0 Å². The number of sulfone groups is 2. The molecule has 38 heavy (non-hydrogen) atoms. The van der Waals surface area contributed by atoms with Crippen molar-refractivity contribution in [3.05, 3.63) is 66.7 Å². The number of nitrogens with zero attached hydrogens (tertiary/aromatic N) is 2. The fourth-order valence-corrected chi connectivity index (χ4v) is 5.49. The molecule has 3 N–H and O–H groups in total. The highest BCUT2D eigenvalue weighted by molar-refractivity contribution is 7.91. The Bertz CT molecular complexity index is 1640. The van der Waals surface area contributed by atoms with Crippen molar-refractivity contribution < 1.29 is 26.3 Å². The zero-order valence-corrected chi connectivity index (χ0v) is 22.6. The van der Waals surface area contributed by atoms with Crippen molar-refractivity contribution in [2.75, 3.05) is 44.5 Å². The number of benzene rings is 3. The molecule has 12 heteroatoms. The minimum absolute atomic E-state index is 0.0497. The fourth-order valence-electron chi connectivity index (χ4n) is 3.70. The molecule has 0 aliphatic rings. The van der Waals surface area contributed by atoms with E-state index in [2.05, 4.69) is 15.3 Å². The Morgan fingerprint density at radius 1 is 0.868 bits per heavy atom. The zero-order valence-electron chi connectivity index (χ0n) is 20.9. The van der Waals surface area contributed by atoms with E-state index in [1.807, 2.05) is 0 Å². The lowest BCUT2D eigenvalue weighted by molar-refractivity contribution is 0.294. The minimum atomic E-state index is -3.64. The van der Waals surface area contributed by atoms with Crippen LogP contribution >= 0.6 is 0 Å². The predicted octanol–water partition coefficient (Wildman–Crippen LogP) is 2.73. The highest BCUT2D eigenvalue weighted by Crippen LogP contribution is 2.35. The van der Waals surface area contributed by atoms with E-state index in [9.17, 15) is 16.8 Å². The maximum atomic E-state index is 12.9. The summed E-state index contributed by atoms with van der Waals surface area (Å²) in [7, 11) is -5.16. The van der Waals surface area contributed by atoms with Crippen molar-refractivity contribution in [2.24, 2.45) is 0 Å². The van der Waals surface area contributed by atoms with E-state index in [1.165, 1.54) is 25.5 Å². The number of anilines is 1. The number of methoxy groups -OCH3 is 1. The van der Waals surface area contributed by atoms with Crippen LogP contribution in [0.4, 0.5) is 5.82 Å². The van der Waals surface area contributed by atoms with Crippen molar-refractivity contribution in [1.82, 2.24) is 15.3 Å². The lowest BCUT2D eigenvalue weighted by Crippen LogP contribution is -2.26. The summed E-state index contributed by atoms with van der Waals surface area (Å²) in [5.41, 5.74) is 7.39. The third-order valence-electron chi connectivity index (χ3n) is 5.67. The van der Waals surface area contributed by atoms with Crippen molar-refractivity contribution in [3.8, 4) is 22.9 Å². The Labute approximate surface area is 221 Å². The van der Waals surface area contributed by atoms with Crippen LogP contribution in [0.25, 0.3) is 22.3 Å². The first-order chi connectivity index (χ1) is 18.1. The molecule has 0 saturated carbocycles. The summed E-state index contributed by atoms with van der Waals surface area (Å²) in [6.07, 6.45) is 1.19. The molecule has 10 nitrogen and oxygen atoms in total. The van der Waals surface area contributed by atoms with E-state index in [1.54, 1.807) is 54.6 Å². The molecule has 1 aromatic heterocycles. The Morgan fingerprint density at radius 3 is 2.21 bits per heavy atom. The summed E-state index contributed by atoms with van der Waals surface area (Å²) in [5, 5.41) is 3.58. The number of hydrogen-bond acceptors (Lipinski definition) is 10. The van der Waals surface area contributed by atoms with Crippen LogP contribution in [-0.4, -0.2) is 65.6 Å². The van der Waals surface area contributed by atoms with Crippen molar-refractivity contribution >= 4 is 36.4 Å². The normalized spacial score (nSPS) is 11.9. The van der Waals surface area contributed by atoms with Gasteiger partial charge in [0, 0.05) is 36.4 Å². The molecule has 200 valence electrons. The van der Waals surface area contributed by atoms with Gasteiger partial charge < -0.3 is 20.5 Å². The minimum Gasteiger partial charge on any atom is -0.493 e. The molecule has 3 aromatic carbocycles. The Kier molecular flexibility index (Phi) is 8.14. The number of hydrogen-bond donors (Lipinski definition) is 2. The lowest BCUT2D eigenvalue weighted by atomic mass is 10.1. The van der Waals surface area contributed by atoms with Crippen molar-refractivity contribution in [3.63, 3.8) is 0 Å². The maximum Gasteiger partial charge on any atom is 0.206 e. The molecule has 0 radical (unpaired) electrons. The summed E-state index contributed by atoms with van der Waals surface area (Å²) in [5.74, 6) is 1.51. The largest absolute Gasteiger partial charge is 0.493 e. The molecule has 0 atom stereocenters. The van der Waals surface area contributed by atoms with Crippen LogP contribution in [0.2, 0.25) is 0 Å². The van der Waals surface area contributed by atoms with Crippen molar-refractivity contribution in [2.45, 2.75) is 9.79 Å². The van der Waals surface area contributed by atoms with Gasteiger partial charge in [-0.15, -0.1) is 0 Å². The first-order valence-electron chi connectivity index (χ1n) is 11.7. The van der Waals surface area contributed by atoms with Crippen LogP contribution in [0.3, 0.4) is 0 Å². The summed E-state index contributed by atoms with van der Waals surface area (Å²) < 4.78 is 59.5. The van der Waals surface area contributed by atoms with Gasteiger partial charge in [0.2, 0.25) is 9.84 Å². The Morgan fingerprint density at radius 2 is 1.55 bits per heavy atom. The molecule has 0 bridgehead atoms. The average Bonchev–Trinajstić information content (AvgIpc) is 2.90. The number of fused-ring (bicyclic) bond motifs is 1. The molecule has 0 amide bonds. The van der Waals surface area contributed by atoms with E-state index in [0.717, 1.165) is 0 Å². The number of rotatable bonds is 11. The molecule has 0 aliphatic heterocycles. The number of ether oxygens (including phenoxy) is 2. The molecule has 4 aromatic rings. The number of nitrogens with two attached hydrogens (primary N) is 1. The van der Waals surface area contributed by atoms with Gasteiger partial charge in [-0.25, -0.2) is 26.8 Å². The molecule has 0 fully saturated rings. The summed E-state index contributed by atoms with van der Waals surface area (Å²) in [6.45, 7) is 1.06. The molecule has 0 spiro atoms. The van der Waals surface area contributed by atoms with Crippen LogP contribution in [0.1, 0.15) is 0 Å². The molecular formula is C26H28N4O6S2. The predicted molar refractivity (Wildman–Crippen MR) is 146 cm³/mol. The van der Waals surface area contributed by atoms with Crippen LogP contribution < -0.4 is 20.5 Å². The smallest absolute Gasteiger partial charge is 0.206 e. The van der Waals surface area contributed by atoms with Crippen LogP contribution in [0.15, 0.2) is 76.5 Å². The summed E-state index contributed by atoms with van der Waals surface area (Å²) >= 11 is 0. The third kappa shape index (κ3) is 6.39. The van der Waals surface area contributed by atoms with Gasteiger partial charge in [0.1, 0.15) is 22.3 Å². The van der Waals surface area contributed by atoms with Gasteiger partial charge in [0.25, 0.3) is 0 Å². The zero-order chi connectivity index (χ0) is 27.3. The average molecular weight is 557 g/mol. The Balaban J connectivity index is 1.54. The van der Waals surface area contributed by atoms with Crippen molar-refractivity contribution in [1.29, 1.82) is 0 Å². The van der Waals surface area contributed by atoms with Gasteiger partial charge in [-0.05, 0) is 42.5 Å². The van der Waals surface area contributed by atoms with Gasteiger partial charge in [0.15, 0.2) is 17.3 Å². The van der Waals surface area contributed by atoms with E-state index >= 15 is 0 Å². The summed E-state index contributed by atoms with van der Waals surface area (Å²) in [6, 6.07) is 17.9. The number of nitrogens with one attached hydrogen (secondary N) is 1. The fraction of sp³-hybridized carbons (Fsp3) is 0.231. The van der Waals surface area contributed by atoms with Gasteiger partial charge in [-0.2, -0.15) is 0 Å². The third-order valence-corrected chi connectivity index (χ3v) is 8.40. The van der Waals surface area contributed by atoms with E-state index in [4.69, 9.17) is 15.2 Å². The number of nitrogen functional groups attached to an aromatic ring is 1. The van der Waals surface area contributed by atoms with Gasteiger partial charge in [-0.3, -0.25) is 0 Å². The quantitative estimate of drug-likeness (QED) is 0.264. The van der Waals surface area contributed by atoms with E-state index < -0.39 is 19.7 Å². The van der Waals surface area contributed by atoms with E-state index in [0.29, 0.717) is 46.9 Å². The molecule has 1 heterocycles. The highest BCUT2D eigenvalue weighted by Gasteiger charge is 2.18. The second kappa shape index (κ2) is 11.3. The lowest BCUT2D eigenvalue weighted by Gasteiger charge is -2.14. The molecule has 4 rings (SSSR count). The van der Waals surface area contributed by atoms with Gasteiger partial charge in [0.05, 0.1) is 28.2 Å². The summed E-state index contributed by atoms with van der Waals surface area (Å²) in [4.78, 5) is 9.40. The molecule has 0 saturated heterocycles. The second-order valence-electron chi connectivity index (χ2n) is 8.52. The topological polar surface area (TPSA) is 151 Å². The SMILES string of the molecule is COc1cc2nc(-c3ccc(S(=O)(=O)c4ccccc4)cc3)nc(N)c2cc1OCCNCCS(C)(=O)=O. The van der Waals surface area contributed by atoms with Crippen LogP contribution in [-0.2, 0) is 19.7 Å². The maximum absolute atomic E-state index is 12.9. The van der Waals surface area contributed by atoms with Crippen LogP contribution in [0, 0.1) is 0 Å². The van der Waals surface area contributed by atoms with Crippen LogP contribution in [0.5, 0.6) is 11.5 Å². The van der Waals surface area contributed by atoms with Gasteiger partial charge in [-0.1, -0.05) is 18.2 Å². The highest BCUT2D eigenvalue weighted by atomic mass is 32.2. The Hall–Kier alpha value is -3.74. The second-order valence-corrected chi connectivity index (χ2v) is 12.7. The number of aromatic nitrogens is 2. The first-order valence-corrected chi connectivity index (χ1v) is 15.2.